The Morgan fingerprint density at radius 3 is 2.73 bits per heavy atom. The summed E-state index contributed by atoms with van der Waals surface area (Å²) in [6, 6.07) is 15.5. The lowest BCUT2D eigenvalue weighted by atomic mass is 9.92. The predicted octanol–water partition coefficient (Wildman–Crippen LogP) is 2.39. The Bertz CT molecular complexity index is 691. The number of piperidine rings is 1. The number of benzene rings is 1. The second-order valence-corrected chi connectivity index (χ2v) is 5.29. The van der Waals surface area contributed by atoms with E-state index < -0.39 is 0 Å². The summed E-state index contributed by atoms with van der Waals surface area (Å²) in [6.45, 7) is 0. The molecule has 3 rings (SSSR count). The quantitative estimate of drug-likeness (QED) is 0.910. The van der Waals surface area contributed by atoms with Crippen molar-refractivity contribution in [2.75, 3.05) is 5.32 Å². The number of rotatable bonds is 3. The molecular formula is C17H16N4O. The summed E-state index contributed by atoms with van der Waals surface area (Å²) in [5, 5.41) is 15.2. The third-order valence-electron chi connectivity index (χ3n) is 3.79. The Hall–Kier alpha value is -2.87. The van der Waals surface area contributed by atoms with Crippen LogP contribution in [0, 0.1) is 11.3 Å². The summed E-state index contributed by atoms with van der Waals surface area (Å²) in [5.41, 5.74) is 1.60. The Kier molecular flexibility index (Phi) is 4.01. The molecule has 0 unspecified atom stereocenters. The summed E-state index contributed by atoms with van der Waals surface area (Å²) < 4.78 is 0. The average Bonchev–Trinajstić information content (AvgIpc) is 2.58. The van der Waals surface area contributed by atoms with Gasteiger partial charge in [0.25, 0.3) is 0 Å². The number of anilines is 1. The molecular weight excluding hydrogens is 276 g/mol. The van der Waals surface area contributed by atoms with Gasteiger partial charge in [-0.1, -0.05) is 30.3 Å². The number of hydrogen-bond acceptors (Lipinski definition) is 4. The molecule has 1 aliphatic rings. The monoisotopic (exact) mass is 292 g/mol. The molecule has 2 heterocycles. The van der Waals surface area contributed by atoms with Crippen molar-refractivity contribution in [3.8, 4) is 6.07 Å². The summed E-state index contributed by atoms with van der Waals surface area (Å²) >= 11 is 0. The molecule has 2 N–H and O–H groups in total. The highest BCUT2D eigenvalue weighted by molar-refractivity contribution is 5.77. The minimum Gasteiger partial charge on any atom is -0.365 e. The summed E-state index contributed by atoms with van der Waals surface area (Å²) in [5.74, 6) is 0.778. The first-order valence-electron chi connectivity index (χ1n) is 7.23. The highest BCUT2D eigenvalue weighted by Crippen LogP contribution is 2.26. The SMILES string of the molecule is N#Cc1ccc(N[C@@H]2CCC(=O)N[C@H]2c2ccccc2)nc1. The van der Waals surface area contributed by atoms with Crippen molar-refractivity contribution in [2.45, 2.75) is 24.9 Å². The number of nitriles is 1. The van der Waals surface area contributed by atoms with Crippen LogP contribution < -0.4 is 10.6 Å². The van der Waals surface area contributed by atoms with Crippen LogP contribution in [0.25, 0.3) is 0 Å². The second kappa shape index (κ2) is 6.27. The Morgan fingerprint density at radius 1 is 1.23 bits per heavy atom. The Labute approximate surface area is 129 Å². The molecule has 1 saturated heterocycles. The zero-order valence-electron chi connectivity index (χ0n) is 12.0. The lowest BCUT2D eigenvalue weighted by molar-refractivity contribution is -0.123. The molecule has 1 aromatic carbocycles. The topological polar surface area (TPSA) is 77.8 Å². The zero-order valence-corrected chi connectivity index (χ0v) is 12.0. The number of nitrogens with zero attached hydrogens (tertiary/aromatic N) is 2. The minimum absolute atomic E-state index is 0.0692. The number of carbonyl (C=O) groups is 1. The van der Waals surface area contributed by atoms with E-state index in [0.717, 1.165) is 12.0 Å². The fourth-order valence-corrected chi connectivity index (χ4v) is 2.67. The molecule has 0 saturated carbocycles. The first-order chi connectivity index (χ1) is 10.8. The molecule has 1 aromatic heterocycles. The van der Waals surface area contributed by atoms with Crippen molar-refractivity contribution in [1.29, 1.82) is 5.26 Å². The van der Waals surface area contributed by atoms with Gasteiger partial charge in [0.05, 0.1) is 17.6 Å². The molecule has 0 aliphatic carbocycles. The number of amides is 1. The van der Waals surface area contributed by atoms with E-state index >= 15 is 0 Å². The second-order valence-electron chi connectivity index (χ2n) is 5.29. The Balaban J connectivity index is 1.80. The van der Waals surface area contributed by atoms with Crippen LogP contribution in [0.5, 0.6) is 0 Å². The smallest absolute Gasteiger partial charge is 0.220 e. The van der Waals surface area contributed by atoms with Crippen molar-refractivity contribution in [3.63, 3.8) is 0 Å². The number of nitrogens with one attached hydrogen (secondary N) is 2. The van der Waals surface area contributed by atoms with Gasteiger partial charge in [0.1, 0.15) is 11.9 Å². The third-order valence-corrected chi connectivity index (χ3v) is 3.79. The highest BCUT2D eigenvalue weighted by Gasteiger charge is 2.29. The van der Waals surface area contributed by atoms with Crippen LogP contribution in [0.2, 0.25) is 0 Å². The number of pyridine rings is 1. The molecule has 110 valence electrons. The van der Waals surface area contributed by atoms with Crippen molar-refractivity contribution >= 4 is 11.7 Å². The first kappa shape index (κ1) is 14.1. The summed E-state index contributed by atoms with van der Waals surface area (Å²) in [4.78, 5) is 16.0. The summed E-state index contributed by atoms with van der Waals surface area (Å²) in [7, 11) is 0. The van der Waals surface area contributed by atoms with Gasteiger partial charge in [-0.15, -0.1) is 0 Å². The van der Waals surface area contributed by atoms with Crippen LogP contribution in [0.1, 0.15) is 30.0 Å². The largest absolute Gasteiger partial charge is 0.365 e. The maximum Gasteiger partial charge on any atom is 0.220 e. The molecule has 2 atom stereocenters. The van der Waals surface area contributed by atoms with Crippen LogP contribution >= 0.6 is 0 Å². The molecule has 5 heteroatoms. The predicted molar refractivity (Wildman–Crippen MR) is 82.9 cm³/mol. The minimum atomic E-state index is -0.0834. The van der Waals surface area contributed by atoms with Gasteiger partial charge in [0.2, 0.25) is 5.91 Å². The molecule has 1 amide bonds. The molecule has 1 fully saturated rings. The summed E-state index contributed by atoms with van der Waals surface area (Å²) in [6.07, 6.45) is 2.78. The van der Waals surface area contributed by atoms with Crippen LogP contribution in [0.3, 0.4) is 0 Å². The van der Waals surface area contributed by atoms with Crippen LogP contribution in [-0.4, -0.2) is 16.9 Å². The highest BCUT2D eigenvalue weighted by atomic mass is 16.1. The fourth-order valence-electron chi connectivity index (χ4n) is 2.67. The fraction of sp³-hybridized carbons (Fsp3) is 0.235. The standard InChI is InChI=1S/C17H16N4O/c18-10-12-6-8-15(19-11-12)20-14-7-9-16(22)21-17(14)13-4-2-1-3-5-13/h1-6,8,11,14,17H,7,9H2,(H,19,20)(H,21,22)/t14-,17+/m1/s1. The molecule has 0 bridgehead atoms. The van der Waals surface area contributed by atoms with E-state index in [4.69, 9.17) is 5.26 Å². The maximum atomic E-state index is 11.7. The van der Waals surface area contributed by atoms with Crippen molar-refractivity contribution in [2.24, 2.45) is 0 Å². The van der Waals surface area contributed by atoms with E-state index in [1.807, 2.05) is 30.3 Å². The lowest BCUT2D eigenvalue weighted by Gasteiger charge is -2.33. The lowest BCUT2D eigenvalue weighted by Crippen LogP contribution is -2.45. The first-order valence-corrected chi connectivity index (χ1v) is 7.23. The van der Waals surface area contributed by atoms with Gasteiger partial charge in [-0.25, -0.2) is 4.98 Å². The van der Waals surface area contributed by atoms with Crippen LogP contribution in [0.4, 0.5) is 5.82 Å². The van der Waals surface area contributed by atoms with Gasteiger partial charge in [-0.05, 0) is 24.1 Å². The van der Waals surface area contributed by atoms with Crippen molar-refractivity contribution < 1.29 is 4.79 Å². The molecule has 0 spiro atoms. The molecule has 2 aromatic rings. The van der Waals surface area contributed by atoms with Crippen LogP contribution in [-0.2, 0) is 4.79 Å². The van der Waals surface area contributed by atoms with Gasteiger partial charge in [0, 0.05) is 12.6 Å². The third kappa shape index (κ3) is 3.07. The van der Waals surface area contributed by atoms with Gasteiger partial charge in [-0.2, -0.15) is 5.26 Å². The number of aromatic nitrogens is 1. The van der Waals surface area contributed by atoms with E-state index in [0.29, 0.717) is 17.8 Å². The van der Waals surface area contributed by atoms with Gasteiger partial charge in [-0.3, -0.25) is 4.79 Å². The Morgan fingerprint density at radius 2 is 2.05 bits per heavy atom. The molecule has 1 aliphatic heterocycles. The number of hydrogen-bond donors (Lipinski definition) is 2. The van der Waals surface area contributed by atoms with Gasteiger partial charge >= 0.3 is 0 Å². The number of carbonyl (C=O) groups excluding carboxylic acids is 1. The van der Waals surface area contributed by atoms with E-state index in [9.17, 15) is 4.79 Å². The van der Waals surface area contributed by atoms with Crippen molar-refractivity contribution in [1.82, 2.24) is 10.3 Å². The van der Waals surface area contributed by atoms with E-state index in [-0.39, 0.29) is 18.0 Å². The van der Waals surface area contributed by atoms with Crippen LogP contribution in [0.15, 0.2) is 48.7 Å². The molecule has 0 radical (unpaired) electrons. The van der Waals surface area contributed by atoms with E-state index in [1.165, 1.54) is 0 Å². The normalized spacial score (nSPS) is 20.8. The van der Waals surface area contributed by atoms with E-state index in [2.05, 4.69) is 21.7 Å². The van der Waals surface area contributed by atoms with Gasteiger partial charge in [0.15, 0.2) is 0 Å². The molecule has 22 heavy (non-hydrogen) atoms. The zero-order chi connectivity index (χ0) is 15.4. The van der Waals surface area contributed by atoms with E-state index in [1.54, 1.807) is 18.3 Å². The van der Waals surface area contributed by atoms with Gasteiger partial charge < -0.3 is 10.6 Å². The average molecular weight is 292 g/mol. The molecule has 5 nitrogen and oxygen atoms in total. The van der Waals surface area contributed by atoms with Crippen molar-refractivity contribution in [3.05, 3.63) is 59.8 Å². The maximum absolute atomic E-state index is 11.7.